The number of nitrogens with two attached hydrogens (primary N) is 1. The predicted molar refractivity (Wildman–Crippen MR) is 102 cm³/mol. The van der Waals surface area contributed by atoms with E-state index in [1.807, 2.05) is 6.92 Å². The molecule has 1 atom stereocenters. The Kier molecular flexibility index (Phi) is 7.35. The number of amides is 1. The quantitative estimate of drug-likeness (QED) is 0.437. The normalized spacial score (nSPS) is 12.7. The summed E-state index contributed by atoms with van der Waals surface area (Å²) in [5, 5.41) is 3.08. The first kappa shape index (κ1) is 20.1. The van der Waals surface area contributed by atoms with Crippen molar-refractivity contribution < 1.29 is 13.6 Å². The number of hydrogen-bond donors (Lipinski definition) is 2. The van der Waals surface area contributed by atoms with Crippen LogP contribution in [0, 0.1) is 5.82 Å². The average molecular weight is 399 g/mol. The van der Waals surface area contributed by atoms with Gasteiger partial charge in [-0.3, -0.25) is 4.79 Å². The highest BCUT2D eigenvalue weighted by molar-refractivity contribution is 8.14. The topological polar surface area (TPSA) is 80.4 Å². The zero-order valence-electron chi connectivity index (χ0n) is 13.9. The Morgan fingerprint density at radius 3 is 2.85 bits per heavy atom. The minimum Gasteiger partial charge on any atom is -0.378 e. The van der Waals surface area contributed by atoms with Gasteiger partial charge in [-0.15, -0.1) is 0 Å². The number of alkyl halides is 1. The van der Waals surface area contributed by atoms with E-state index in [1.54, 1.807) is 12.1 Å². The Morgan fingerprint density at radius 2 is 2.19 bits per heavy atom. The molecule has 138 valence electrons. The van der Waals surface area contributed by atoms with Gasteiger partial charge in [0.15, 0.2) is 12.0 Å². The summed E-state index contributed by atoms with van der Waals surface area (Å²) in [5.74, 6) is -0.831. The monoisotopic (exact) mass is 398 g/mol. The van der Waals surface area contributed by atoms with Gasteiger partial charge >= 0.3 is 0 Å². The number of amidine groups is 1. The number of anilines is 1. The fraction of sp³-hybridized carbons (Fsp3) is 0.235. The second-order valence-corrected chi connectivity index (χ2v) is 7.27. The lowest BCUT2D eigenvalue weighted by Gasteiger charge is -2.13. The molecule has 1 amide bonds. The molecule has 5 nitrogen and oxygen atoms in total. The van der Waals surface area contributed by atoms with E-state index in [0.29, 0.717) is 22.7 Å². The van der Waals surface area contributed by atoms with Crippen LogP contribution < -0.4 is 11.1 Å². The number of rotatable bonds is 6. The molecule has 3 N–H and O–H groups in total. The molecule has 0 aliphatic heterocycles. The van der Waals surface area contributed by atoms with E-state index >= 15 is 0 Å². The number of nitrogens with zero attached hydrogens (tertiary/aromatic N) is 2. The molecule has 9 heteroatoms. The standard InChI is InChI=1S/C17H17ClF2N4OS/c1-10(26-17(21)23-9-19)6-11-7-13(3-4-14(11)20)24-16(25)15-5-2-12(18)8-22-15/h2-5,7-8,10H,6,9H2,1H3,(H2,21,23)(H,24,25)/t10-/m1/s1. The van der Waals surface area contributed by atoms with E-state index in [4.69, 9.17) is 17.3 Å². The van der Waals surface area contributed by atoms with E-state index in [1.165, 1.54) is 24.4 Å². The lowest BCUT2D eigenvalue weighted by Crippen LogP contribution is -2.15. The van der Waals surface area contributed by atoms with Crippen molar-refractivity contribution in [2.75, 3.05) is 12.1 Å². The summed E-state index contributed by atoms with van der Waals surface area (Å²) in [6, 6.07) is 7.33. The summed E-state index contributed by atoms with van der Waals surface area (Å²) in [4.78, 5) is 19.6. The SMILES string of the molecule is C[C@H](Cc1cc(NC(=O)c2ccc(Cl)cn2)ccc1F)S/C(N)=N\CF. The molecular weight excluding hydrogens is 382 g/mol. The van der Waals surface area contributed by atoms with E-state index in [2.05, 4.69) is 15.3 Å². The largest absolute Gasteiger partial charge is 0.378 e. The maximum Gasteiger partial charge on any atom is 0.274 e. The highest BCUT2D eigenvalue weighted by atomic mass is 35.5. The summed E-state index contributed by atoms with van der Waals surface area (Å²) >= 11 is 6.90. The van der Waals surface area contributed by atoms with Crippen LogP contribution in [0.4, 0.5) is 14.5 Å². The van der Waals surface area contributed by atoms with Crippen LogP contribution >= 0.6 is 23.4 Å². The van der Waals surface area contributed by atoms with Crippen LogP contribution in [-0.4, -0.2) is 28.1 Å². The number of thioether (sulfide) groups is 1. The van der Waals surface area contributed by atoms with Crippen molar-refractivity contribution in [3.63, 3.8) is 0 Å². The van der Waals surface area contributed by atoms with Crippen molar-refractivity contribution in [3.05, 3.63) is 58.6 Å². The molecule has 0 aliphatic carbocycles. The number of nitrogens with one attached hydrogen (secondary N) is 1. The molecule has 1 aromatic heterocycles. The first-order valence-corrected chi connectivity index (χ1v) is 8.88. The molecule has 1 aromatic carbocycles. The molecule has 0 spiro atoms. The first-order valence-electron chi connectivity index (χ1n) is 7.63. The van der Waals surface area contributed by atoms with Crippen molar-refractivity contribution in [1.82, 2.24) is 4.98 Å². The molecular formula is C17H17ClF2N4OS. The molecule has 26 heavy (non-hydrogen) atoms. The molecule has 0 bridgehead atoms. The number of hydrogen-bond acceptors (Lipinski definition) is 4. The minimum atomic E-state index is -0.889. The first-order chi connectivity index (χ1) is 12.4. The zero-order valence-corrected chi connectivity index (χ0v) is 15.5. The van der Waals surface area contributed by atoms with Crippen LogP contribution in [-0.2, 0) is 6.42 Å². The van der Waals surface area contributed by atoms with Crippen molar-refractivity contribution >= 4 is 40.1 Å². The summed E-state index contributed by atoms with van der Waals surface area (Å²) in [6.07, 6.45) is 1.71. The maximum absolute atomic E-state index is 14.0. The Balaban J connectivity index is 2.07. The van der Waals surface area contributed by atoms with Crippen LogP contribution in [0.1, 0.15) is 23.0 Å². The number of benzene rings is 1. The van der Waals surface area contributed by atoms with Crippen LogP contribution in [0.15, 0.2) is 41.5 Å². The molecule has 0 saturated heterocycles. The van der Waals surface area contributed by atoms with Gasteiger partial charge in [0.25, 0.3) is 5.91 Å². The second-order valence-electron chi connectivity index (χ2n) is 5.37. The predicted octanol–water partition coefficient (Wildman–Crippen LogP) is 4.03. The average Bonchev–Trinajstić information content (AvgIpc) is 2.58. The van der Waals surface area contributed by atoms with Gasteiger partial charge in [0.1, 0.15) is 11.5 Å². The highest BCUT2D eigenvalue weighted by Crippen LogP contribution is 2.22. The van der Waals surface area contributed by atoms with Gasteiger partial charge in [-0.25, -0.2) is 18.8 Å². The summed E-state index contributed by atoms with van der Waals surface area (Å²) in [5.41, 5.74) is 6.59. The highest BCUT2D eigenvalue weighted by Gasteiger charge is 2.13. The maximum atomic E-state index is 14.0. The number of aromatic nitrogens is 1. The van der Waals surface area contributed by atoms with Gasteiger partial charge in [-0.1, -0.05) is 30.3 Å². The third-order valence-corrected chi connectivity index (χ3v) is 4.47. The molecule has 0 radical (unpaired) electrons. The Hall–Kier alpha value is -2.19. The van der Waals surface area contributed by atoms with Crippen molar-refractivity contribution in [1.29, 1.82) is 0 Å². The summed E-state index contributed by atoms with van der Waals surface area (Å²) in [7, 11) is 0. The second kappa shape index (κ2) is 9.49. The van der Waals surface area contributed by atoms with E-state index in [9.17, 15) is 13.6 Å². The van der Waals surface area contributed by atoms with E-state index in [0.717, 1.165) is 11.8 Å². The van der Waals surface area contributed by atoms with Gasteiger partial charge in [-0.2, -0.15) is 0 Å². The van der Waals surface area contributed by atoms with Gasteiger partial charge in [0.2, 0.25) is 0 Å². The fourth-order valence-corrected chi connectivity index (χ4v) is 3.08. The number of halogens is 3. The fourth-order valence-electron chi connectivity index (χ4n) is 2.17. The smallest absolute Gasteiger partial charge is 0.274 e. The molecule has 0 saturated carbocycles. The number of carbonyl (C=O) groups is 1. The Labute approximate surface area is 159 Å². The zero-order chi connectivity index (χ0) is 19.1. The third kappa shape index (κ3) is 5.96. The molecule has 0 aliphatic rings. The van der Waals surface area contributed by atoms with E-state index in [-0.39, 0.29) is 16.1 Å². The van der Waals surface area contributed by atoms with Gasteiger partial charge < -0.3 is 11.1 Å². The lowest BCUT2D eigenvalue weighted by molar-refractivity contribution is 0.102. The molecule has 2 rings (SSSR count). The van der Waals surface area contributed by atoms with Crippen molar-refractivity contribution in [2.45, 2.75) is 18.6 Å². The van der Waals surface area contributed by atoms with Crippen LogP contribution in [0.3, 0.4) is 0 Å². The Morgan fingerprint density at radius 1 is 1.42 bits per heavy atom. The van der Waals surface area contributed by atoms with Gasteiger partial charge in [0, 0.05) is 17.1 Å². The molecule has 0 unspecified atom stereocenters. The van der Waals surface area contributed by atoms with Crippen LogP contribution in [0.5, 0.6) is 0 Å². The lowest BCUT2D eigenvalue weighted by atomic mass is 10.1. The number of carbonyl (C=O) groups excluding carboxylic acids is 1. The van der Waals surface area contributed by atoms with Gasteiger partial charge in [-0.05, 0) is 42.3 Å². The number of pyridine rings is 1. The van der Waals surface area contributed by atoms with Crippen LogP contribution in [0.25, 0.3) is 0 Å². The van der Waals surface area contributed by atoms with Gasteiger partial charge in [0.05, 0.1) is 5.02 Å². The molecule has 0 fully saturated rings. The molecule has 1 heterocycles. The number of aliphatic imine (C=N–C) groups is 1. The minimum absolute atomic E-state index is 0.110. The van der Waals surface area contributed by atoms with Crippen molar-refractivity contribution in [3.8, 4) is 0 Å². The summed E-state index contributed by atoms with van der Waals surface area (Å²) in [6.45, 7) is 0.938. The van der Waals surface area contributed by atoms with E-state index < -0.39 is 18.5 Å². The third-order valence-electron chi connectivity index (χ3n) is 3.31. The Bertz CT molecular complexity index is 802. The van der Waals surface area contributed by atoms with Crippen molar-refractivity contribution in [2.24, 2.45) is 10.7 Å². The van der Waals surface area contributed by atoms with Crippen LogP contribution in [0.2, 0.25) is 5.02 Å². The molecule has 2 aromatic rings. The summed E-state index contributed by atoms with van der Waals surface area (Å²) < 4.78 is 26.2.